The van der Waals surface area contributed by atoms with Crippen LogP contribution in [0.5, 0.6) is 0 Å². The van der Waals surface area contributed by atoms with E-state index in [-0.39, 0.29) is 12.1 Å². The van der Waals surface area contributed by atoms with E-state index in [1.807, 2.05) is 26.0 Å². The van der Waals surface area contributed by atoms with Gasteiger partial charge < -0.3 is 15.6 Å². The molecule has 0 radical (unpaired) electrons. The lowest BCUT2D eigenvalue weighted by Gasteiger charge is -2.09. The molecule has 2 rings (SSSR count). The summed E-state index contributed by atoms with van der Waals surface area (Å²) < 4.78 is 0. The normalized spacial score (nSPS) is 10.8. The van der Waals surface area contributed by atoms with Gasteiger partial charge in [-0.1, -0.05) is 18.2 Å². The van der Waals surface area contributed by atoms with Gasteiger partial charge in [-0.15, -0.1) is 0 Å². The predicted octanol–water partition coefficient (Wildman–Crippen LogP) is 2.42. The molecule has 0 saturated carbocycles. The first-order chi connectivity index (χ1) is 8.65. The molecule has 0 atom stereocenters. The Morgan fingerprint density at radius 3 is 2.83 bits per heavy atom. The van der Waals surface area contributed by atoms with Crippen LogP contribution in [0.1, 0.15) is 19.5 Å². The van der Waals surface area contributed by atoms with Crippen molar-refractivity contribution < 1.29 is 4.79 Å². The zero-order valence-electron chi connectivity index (χ0n) is 10.8. The highest BCUT2D eigenvalue weighted by Crippen LogP contribution is 2.14. The summed E-state index contributed by atoms with van der Waals surface area (Å²) in [6.45, 7) is 4.51. The SMILES string of the molecule is CC(C)NC(=O)NCCc1cc2ccccc2[nH]1. The predicted molar refractivity (Wildman–Crippen MR) is 73.7 cm³/mol. The maximum absolute atomic E-state index is 11.4. The number of hydrogen-bond acceptors (Lipinski definition) is 1. The molecular formula is C14H19N3O. The lowest BCUT2D eigenvalue weighted by Crippen LogP contribution is -2.40. The molecule has 3 N–H and O–H groups in total. The van der Waals surface area contributed by atoms with Crippen LogP contribution in [0.15, 0.2) is 30.3 Å². The second-order valence-electron chi connectivity index (χ2n) is 4.69. The average Bonchev–Trinajstić information content (AvgIpc) is 2.70. The van der Waals surface area contributed by atoms with Crippen molar-refractivity contribution >= 4 is 16.9 Å². The molecule has 2 aromatic rings. The van der Waals surface area contributed by atoms with Gasteiger partial charge in [0.25, 0.3) is 0 Å². The van der Waals surface area contributed by atoms with Gasteiger partial charge in [-0.05, 0) is 31.4 Å². The number of hydrogen-bond donors (Lipinski definition) is 3. The highest BCUT2D eigenvalue weighted by atomic mass is 16.2. The molecule has 1 aromatic carbocycles. The molecule has 0 spiro atoms. The number of carbonyl (C=O) groups excluding carboxylic acids is 1. The zero-order chi connectivity index (χ0) is 13.0. The summed E-state index contributed by atoms with van der Waals surface area (Å²) in [5.41, 5.74) is 2.28. The molecule has 0 aliphatic heterocycles. The Kier molecular flexibility index (Phi) is 3.87. The second kappa shape index (κ2) is 5.58. The van der Waals surface area contributed by atoms with Crippen LogP contribution in [-0.4, -0.2) is 23.6 Å². The van der Waals surface area contributed by atoms with Crippen LogP contribution in [0.2, 0.25) is 0 Å². The Morgan fingerprint density at radius 2 is 2.11 bits per heavy atom. The van der Waals surface area contributed by atoms with Gasteiger partial charge in [-0.3, -0.25) is 0 Å². The average molecular weight is 245 g/mol. The third-order valence-electron chi connectivity index (χ3n) is 2.69. The van der Waals surface area contributed by atoms with E-state index in [4.69, 9.17) is 0 Å². The standard InChI is InChI=1S/C14H19N3O/c1-10(2)16-14(18)15-8-7-12-9-11-5-3-4-6-13(11)17-12/h3-6,9-10,17H,7-8H2,1-2H3,(H2,15,16,18). The number of rotatable bonds is 4. The van der Waals surface area contributed by atoms with E-state index in [1.165, 1.54) is 5.39 Å². The first-order valence-corrected chi connectivity index (χ1v) is 6.26. The van der Waals surface area contributed by atoms with Crippen molar-refractivity contribution in [3.63, 3.8) is 0 Å². The molecule has 96 valence electrons. The number of amides is 2. The quantitative estimate of drug-likeness (QED) is 0.761. The monoisotopic (exact) mass is 245 g/mol. The molecule has 1 aromatic heterocycles. The molecule has 4 nitrogen and oxygen atoms in total. The van der Waals surface area contributed by atoms with E-state index >= 15 is 0 Å². The fourth-order valence-corrected chi connectivity index (χ4v) is 1.89. The van der Waals surface area contributed by atoms with Crippen LogP contribution in [-0.2, 0) is 6.42 Å². The molecule has 0 unspecified atom stereocenters. The van der Waals surface area contributed by atoms with E-state index in [1.54, 1.807) is 0 Å². The molecule has 0 fully saturated rings. The lowest BCUT2D eigenvalue weighted by molar-refractivity contribution is 0.238. The largest absolute Gasteiger partial charge is 0.358 e. The number of para-hydroxylation sites is 1. The van der Waals surface area contributed by atoms with E-state index in [0.29, 0.717) is 6.54 Å². The van der Waals surface area contributed by atoms with E-state index in [2.05, 4.69) is 33.8 Å². The molecule has 0 bridgehead atoms. The molecule has 4 heteroatoms. The van der Waals surface area contributed by atoms with Gasteiger partial charge in [0.2, 0.25) is 0 Å². The van der Waals surface area contributed by atoms with Crippen molar-refractivity contribution in [3.05, 3.63) is 36.0 Å². The minimum absolute atomic E-state index is 0.110. The summed E-state index contributed by atoms with van der Waals surface area (Å²) in [5.74, 6) is 0. The highest BCUT2D eigenvalue weighted by molar-refractivity contribution is 5.80. The molecule has 0 aliphatic carbocycles. The van der Waals surface area contributed by atoms with Crippen LogP contribution < -0.4 is 10.6 Å². The van der Waals surface area contributed by atoms with Crippen LogP contribution in [0.3, 0.4) is 0 Å². The Morgan fingerprint density at radius 1 is 1.33 bits per heavy atom. The van der Waals surface area contributed by atoms with E-state index in [0.717, 1.165) is 17.6 Å². The molecule has 0 saturated heterocycles. The first kappa shape index (κ1) is 12.5. The van der Waals surface area contributed by atoms with Crippen molar-refractivity contribution in [2.75, 3.05) is 6.54 Å². The third-order valence-corrected chi connectivity index (χ3v) is 2.69. The lowest BCUT2D eigenvalue weighted by atomic mass is 10.2. The van der Waals surface area contributed by atoms with Crippen molar-refractivity contribution in [3.8, 4) is 0 Å². The summed E-state index contributed by atoms with van der Waals surface area (Å²) in [5, 5.41) is 6.84. The Labute approximate surface area is 107 Å². The number of urea groups is 1. The van der Waals surface area contributed by atoms with Crippen LogP contribution in [0, 0.1) is 0 Å². The second-order valence-corrected chi connectivity index (χ2v) is 4.69. The van der Waals surface area contributed by atoms with E-state index in [9.17, 15) is 4.79 Å². The Balaban J connectivity index is 1.85. The molecule has 0 aliphatic rings. The fraction of sp³-hybridized carbons (Fsp3) is 0.357. The number of aromatic amines is 1. The maximum Gasteiger partial charge on any atom is 0.314 e. The van der Waals surface area contributed by atoms with Crippen LogP contribution in [0.25, 0.3) is 10.9 Å². The number of aromatic nitrogens is 1. The topological polar surface area (TPSA) is 56.9 Å². The van der Waals surface area contributed by atoms with Crippen molar-refractivity contribution in [1.29, 1.82) is 0 Å². The summed E-state index contributed by atoms with van der Waals surface area (Å²) in [6, 6.07) is 10.3. The summed E-state index contributed by atoms with van der Waals surface area (Å²) in [7, 11) is 0. The number of fused-ring (bicyclic) bond motifs is 1. The van der Waals surface area contributed by atoms with Gasteiger partial charge in [0, 0.05) is 30.2 Å². The van der Waals surface area contributed by atoms with Gasteiger partial charge in [0.1, 0.15) is 0 Å². The minimum atomic E-state index is -0.110. The van der Waals surface area contributed by atoms with Crippen molar-refractivity contribution in [1.82, 2.24) is 15.6 Å². The number of carbonyl (C=O) groups is 1. The Bertz CT molecular complexity index is 498. The fourth-order valence-electron chi connectivity index (χ4n) is 1.89. The smallest absolute Gasteiger partial charge is 0.314 e. The van der Waals surface area contributed by atoms with Gasteiger partial charge in [-0.2, -0.15) is 0 Å². The number of H-pyrrole nitrogens is 1. The molecule has 18 heavy (non-hydrogen) atoms. The Hall–Kier alpha value is -1.97. The van der Waals surface area contributed by atoms with E-state index < -0.39 is 0 Å². The summed E-state index contributed by atoms with van der Waals surface area (Å²) >= 11 is 0. The van der Waals surface area contributed by atoms with Crippen molar-refractivity contribution in [2.45, 2.75) is 26.3 Å². The highest BCUT2D eigenvalue weighted by Gasteiger charge is 2.03. The molecular weight excluding hydrogens is 226 g/mol. The van der Waals surface area contributed by atoms with Crippen LogP contribution >= 0.6 is 0 Å². The maximum atomic E-state index is 11.4. The van der Waals surface area contributed by atoms with Gasteiger partial charge in [0.15, 0.2) is 0 Å². The van der Waals surface area contributed by atoms with Gasteiger partial charge in [0.05, 0.1) is 0 Å². The first-order valence-electron chi connectivity index (χ1n) is 6.26. The summed E-state index contributed by atoms with van der Waals surface area (Å²) in [6.07, 6.45) is 0.806. The molecule has 2 amide bonds. The number of benzene rings is 1. The van der Waals surface area contributed by atoms with Gasteiger partial charge >= 0.3 is 6.03 Å². The third kappa shape index (κ3) is 3.26. The van der Waals surface area contributed by atoms with Crippen LogP contribution in [0.4, 0.5) is 4.79 Å². The van der Waals surface area contributed by atoms with Crippen molar-refractivity contribution in [2.24, 2.45) is 0 Å². The minimum Gasteiger partial charge on any atom is -0.358 e. The summed E-state index contributed by atoms with van der Waals surface area (Å²) in [4.78, 5) is 14.7. The molecule has 1 heterocycles. The zero-order valence-corrected chi connectivity index (χ0v) is 10.8. The number of nitrogens with one attached hydrogen (secondary N) is 3. The van der Waals surface area contributed by atoms with Gasteiger partial charge in [-0.25, -0.2) is 4.79 Å².